The van der Waals surface area contributed by atoms with E-state index in [1.54, 1.807) is 10.9 Å². The molecule has 1 aliphatic heterocycles. The van der Waals surface area contributed by atoms with Crippen LogP contribution < -0.4 is 5.32 Å². The molecule has 8 nitrogen and oxygen atoms in total. The van der Waals surface area contributed by atoms with E-state index in [0.717, 1.165) is 35.5 Å². The fourth-order valence-corrected chi connectivity index (χ4v) is 3.76. The molecule has 1 aliphatic carbocycles. The first-order chi connectivity index (χ1) is 12.4. The fourth-order valence-electron chi connectivity index (χ4n) is 3.76. The van der Waals surface area contributed by atoms with Gasteiger partial charge in [0.2, 0.25) is 17.8 Å². The summed E-state index contributed by atoms with van der Waals surface area (Å²) in [6.07, 6.45) is 4.02. The standard InChI is InChI=1S/C18H24N6O2/c1-9-10(2)21-18(20-9)22-17(26)13-7-15(25)24(12-5-6-12)16(13)14-8-19-23(4)11(14)3/h8,12-13,16H,5-7H2,1-4H3,(H2,20,21,22,26)/t13-,16-/m1/s1. The molecule has 138 valence electrons. The number of likely N-dealkylation sites (tertiary alicyclic amines) is 1. The Labute approximate surface area is 152 Å². The zero-order valence-electron chi connectivity index (χ0n) is 15.5. The number of imidazole rings is 1. The van der Waals surface area contributed by atoms with E-state index in [4.69, 9.17) is 0 Å². The van der Waals surface area contributed by atoms with Gasteiger partial charge in [0.15, 0.2) is 0 Å². The average molecular weight is 356 g/mol. The highest BCUT2D eigenvalue weighted by Crippen LogP contribution is 2.45. The van der Waals surface area contributed by atoms with Gasteiger partial charge in [-0.25, -0.2) is 4.98 Å². The van der Waals surface area contributed by atoms with Gasteiger partial charge in [-0.3, -0.25) is 19.6 Å². The monoisotopic (exact) mass is 356 g/mol. The molecule has 4 rings (SSSR count). The van der Waals surface area contributed by atoms with Crippen LogP contribution in [0.4, 0.5) is 5.95 Å². The average Bonchev–Trinajstić information content (AvgIpc) is 3.20. The number of aromatic amines is 1. The van der Waals surface area contributed by atoms with Gasteiger partial charge in [0.05, 0.1) is 23.9 Å². The van der Waals surface area contributed by atoms with Gasteiger partial charge in [0.1, 0.15) is 0 Å². The summed E-state index contributed by atoms with van der Waals surface area (Å²) in [6, 6.07) is -0.0149. The van der Waals surface area contributed by atoms with Crippen LogP contribution in [0.2, 0.25) is 0 Å². The van der Waals surface area contributed by atoms with E-state index in [-0.39, 0.29) is 30.3 Å². The quantitative estimate of drug-likeness (QED) is 0.872. The molecule has 0 aromatic carbocycles. The smallest absolute Gasteiger partial charge is 0.232 e. The molecule has 2 atom stereocenters. The predicted molar refractivity (Wildman–Crippen MR) is 95.4 cm³/mol. The van der Waals surface area contributed by atoms with Crippen LogP contribution >= 0.6 is 0 Å². The van der Waals surface area contributed by atoms with Crippen molar-refractivity contribution in [3.63, 3.8) is 0 Å². The molecule has 1 saturated carbocycles. The van der Waals surface area contributed by atoms with Crippen molar-refractivity contribution in [2.24, 2.45) is 13.0 Å². The third-order valence-electron chi connectivity index (χ3n) is 5.60. The Hall–Kier alpha value is -2.64. The summed E-state index contributed by atoms with van der Waals surface area (Å²) >= 11 is 0. The van der Waals surface area contributed by atoms with Crippen LogP contribution in [-0.2, 0) is 16.6 Å². The number of carbonyl (C=O) groups excluding carboxylic acids is 2. The minimum Gasteiger partial charge on any atom is -0.332 e. The molecule has 2 amide bonds. The zero-order chi connectivity index (χ0) is 18.6. The molecule has 0 unspecified atom stereocenters. The van der Waals surface area contributed by atoms with Crippen molar-refractivity contribution in [3.05, 3.63) is 28.8 Å². The van der Waals surface area contributed by atoms with Crippen LogP contribution in [-0.4, -0.2) is 42.5 Å². The van der Waals surface area contributed by atoms with E-state index >= 15 is 0 Å². The molecule has 2 aromatic heterocycles. The van der Waals surface area contributed by atoms with Gasteiger partial charge in [0, 0.05) is 36.5 Å². The van der Waals surface area contributed by atoms with E-state index in [0.29, 0.717) is 5.95 Å². The minimum atomic E-state index is -0.447. The van der Waals surface area contributed by atoms with E-state index in [9.17, 15) is 9.59 Å². The third-order valence-corrected chi connectivity index (χ3v) is 5.60. The molecule has 3 heterocycles. The minimum absolute atomic E-state index is 0.0488. The molecule has 26 heavy (non-hydrogen) atoms. The van der Waals surface area contributed by atoms with Gasteiger partial charge in [-0.1, -0.05) is 0 Å². The van der Waals surface area contributed by atoms with Gasteiger partial charge in [-0.05, 0) is 33.6 Å². The summed E-state index contributed by atoms with van der Waals surface area (Å²) in [6.45, 7) is 5.77. The Morgan fingerprint density at radius 3 is 2.58 bits per heavy atom. The molecule has 2 N–H and O–H groups in total. The molecule has 2 aromatic rings. The first kappa shape index (κ1) is 16.8. The molecule has 0 spiro atoms. The summed E-state index contributed by atoms with van der Waals surface area (Å²) in [4.78, 5) is 35.0. The van der Waals surface area contributed by atoms with Crippen molar-refractivity contribution in [2.75, 3.05) is 5.32 Å². The normalized spacial score (nSPS) is 22.9. The maximum absolute atomic E-state index is 13.0. The SMILES string of the molecule is Cc1nc(NC(=O)[C@@H]2CC(=O)N(C3CC3)[C@H]2c2cnn(C)c2C)[nH]c1C. The van der Waals surface area contributed by atoms with E-state index in [2.05, 4.69) is 20.4 Å². The van der Waals surface area contributed by atoms with E-state index < -0.39 is 5.92 Å². The van der Waals surface area contributed by atoms with Crippen LogP contribution in [0.25, 0.3) is 0 Å². The van der Waals surface area contributed by atoms with E-state index in [1.165, 1.54) is 0 Å². The number of rotatable bonds is 4. The molecular weight excluding hydrogens is 332 g/mol. The number of aryl methyl sites for hydroxylation is 3. The number of amides is 2. The highest BCUT2D eigenvalue weighted by atomic mass is 16.2. The molecule has 2 fully saturated rings. The van der Waals surface area contributed by atoms with Crippen molar-refractivity contribution in [3.8, 4) is 0 Å². The first-order valence-electron chi connectivity index (χ1n) is 9.00. The van der Waals surface area contributed by atoms with Crippen molar-refractivity contribution in [1.82, 2.24) is 24.6 Å². The van der Waals surface area contributed by atoms with Gasteiger partial charge < -0.3 is 9.88 Å². The van der Waals surface area contributed by atoms with Crippen molar-refractivity contribution >= 4 is 17.8 Å². The number of H-pyrrole nitrogens is 1. The second-order valence-electron chi connectivity index (χ2n) is 7.38. The number of anilines is 1. The lowest BCUT2D eigenvalue weighted by Crippen LogP contribution is -2.34. The van der Waals surface area contributed by atoms with Crippen LogP contribution in [0.5, 0.6) is 0 Å². The molecular formula is C18H24N6O2. The highest BCUT2D eigenvalue weighted by Gasteiger charge is 2.50. The Morgan fingerprint density at radius 1 is 1.31 bits per heavy atom. The highest BCUT2D eigenvalue weighted by molar-refractivity contribution is 5.97. The molecule has 2 aliphatic rings. The number of nitrogens with zero attached hydrogens (tertiary/aromatic N) is 4. The fraction of sp³-hybridized carbons (Fsp3) is 0.556. The maximum Gasteiger partial charge on any atom is 0.232 e. The number of aromatic nitrogens is 4. The summed E-state index contributed by atoms with van der Waals surface area (Å²) < 4.78 is 1.79. The second kappa shape index (κ2) is 5.96. The summed E-state index contributed by atoms with van der Waals surface area (Å²) in [5.41, 5.74) is 3.71. The second-order valence-corrected chi connectivity index (χ2v) is 7.38. The Morgan fingerprint density at radius 2 is 2.04 bits per heavy atom. The van der Waals surface area contributed by atoms with Gasteiger partial charge >= 0.3 is 0 Å². The zero-order valence-corrected chi connectivity index (χ0v) is 15.5. The van der Waals surface area contributed by atoms with Crippen LogP contribution in [0, 0.1) is 26.7 Å². The van der Waals surface area contributed by atoms with Crippen LogP contribution in [0.15, 0.2) is 6.20 Å². The van der Waals surface area contributed by atoms with E-state index in [1.807, 2.05) is 32.7 Å². The molecule has 0 radical (unpaired) electrons. The topological polar surface area (TPSA) is 95.9 Å². The van der Waals surface area contributed by atoms with Gasteiger partial charge in [-0.2, -0.15) is 5.10 Å². The lowest BCUT2D eigenvalue weighted by Gasteiger charge is -2.27. The Kier molecular flexibility index (Phi) is 3.86. The number of carbonyl (C=O) groups is 2. The van der Waals surface area contributed by atoms with Crippen LogP contribution in [0.1, 0.15) is 47.9 Å². The Balaban J connectivity index is 1.65. The first-order valence-corrected chi connectivity index (χ1v) is 9.00. The summed E-state index contributed by atoms with van der Waals surface area (Å²) in [7, 11) is 1.88. The summed E-state index contributed by atoms with van der Waals surface area (Å²) in [5, 5.41) is 7.18. The number of hydrogen-bond donors (Lipinski definition) is 2. The maximum atomic E-state index is 13.0. The van der Waals surface area contributed by atoms with Crippen molar-refractivity contribution in [2.45, 2.75) is 52.1 Å². The van der Waals surface area contributed by atoms with Crippen LogP contribution in [0.3, 0.4) is 0 Å². The predicted octanol–water partition coefficient (Wildman–Crippen LogP) is 1.76. The summed E-state index contributed by atoms with van der Waals surface area (Å²) in [5.74, 6) is -0.142. The molecule has 0 bridgehead atoms. The van der Waals surface area contributed by atoms with Crippen molar-refractivity contribution in [1.29, 1.82) is 0 Å². The number of hydrogen-bond acceptors (Lipinski definition) is 4. The third kappa shape index (κ3) is 2.69. The molecule has 8 heteroatoms. The number of nitrogens with one attached hydrogen (secondary N) is 2. The largest absolute Gasteiger partial charge is 0.332 e. The lowest BCUT2D eigenvalue weighted by molar-refractivity contribution is -0.129. The van der Waals surface area contributed by atoms with Gasteiger partial charge in [0.25, 0.3) is 0 Å². The van der Waals surface area contributed by atoms with Crippen molar-refractivity contribution < 1.29 is 9.59 Å². The Bertz CT molecular complexity index is 859. The van der Waals surface area contributed by atoms with Gasteiger partial charge in [-0.15, -0.1) is 0 Å². The lowest BCUT2D eigenvalue weighted by atomic mass is 9.93. The molecule has 1 saturated heterocycles.